The lowest BCUT2D eigenvalue weighted by Crippen LogP contribution is -2.68. The largest absolute Gasteiger partial charge is 0.394 e. The van der Waals surface area contributed by atoms with Crippen LogP contribution in [0.15, 0.2) is 0 Å². The molecule has 48 heavy (non-hydrogen) atoms. The van der Waals surface area contributed by atoms with E-state index in [9.17, 15) is 71.2 Å². The molecular weight excluding hydrogens is 662 g/mol. The van der Waals surface area contributed by atoms with Gasteiger partial charge in [-0.3, -0.25) is 4.79 Å². The van der Waals surface area contributed by atoms with Crippen molar-refractivity contribution >= 4 is 5.91 Å². The molecule has 0 aromatic rings. The quantitative estimate of drug-likeness (QED) is 0.0947. The van der Waals surface area contributed by atoms with E-state index < -0.39 is 155 Å². The van der Waals surface area contributed by atoms with Crippen LogP contribution in [0.4, 0.5) is 0 Å². The Morgan fingerprint density at radius 1 is 0.500 bits per heavy atom. The highest BCUT2D eigenvalue weighted by molar-refractivity contribution is 5.73. The molecular formula is C26H45NO21. The lowest BCUT2D eigenvalue weighted by molar-refractivity contribution is -0.385. The summed E-state index contributed by atoms with van der Waals surface area (Å²) in [4.78, 5) is 11.7. The molecule has 4 aliphatic rings. The maximum Gasteiger partial charge on any atom is 0.217 e. The molecule has 0 bridgehead atoms. The third kappa shape index (κ3) is 8.08. The number of amides is 1. The van der Waals surface area contributed by atoms with Gasteiger partial charge >= 0.3 is 0 Å². The van der Waals surface area contributed by atoms with Gasteiger partial charge in [-0.2, -0.15) is 0 Å². The van der Waals surface area contributed by atoms with Crippen molar-refractivity contribution in [3.63, 3.8) is 0 Å². The molecule has 4 saturated heterocycles. The van der Waals surface area contributed by atoms with Gasteiger partial charge in [-0.1, -0.05) is 0 Å². The molecule has 0 aromatic heterocycles. The Bertz CT molecular complexity index is 1030. The average Bonchev–Trinajstić information content (AvgIpc) is 3.06. The minimum Gasteiger partial charge on any atom is -0.394 e. The first-order chi connectivity index (χ1) is 22.7. The first-order valence-electron chi connectivity index (χ1n) is 15.1. The van der Waals surface area contributed by atoms with Gasteiger partial charge < -0.3 is 105 Å². The Morgan fingerprint density at radius 3 is 1.46 bits per heavy atom. The Balaban J connectivity index is 1.50. The molecule has 22 nitrogen and oxygen atoms in total. The SMILES string of the molecule is CC(=O)N[C@@H]1[C@@H](O[C@@H]2O[C@H](CO)[C@H](O[C@H]3O[C@H](CO)[C@H](O)[C@H](O[C@H]4O[C@H](CO)[C@H](O)[C@H](O)[C@H]4O)[C@H]3O)[C@H](O)[C@H]2O)[C@@H](O)[C@@H](CO)O[C@H]1O. The van der Waals surface area contributed by atoms with Gasteiger partial charge in [0.15, 0.2) is 25.2 Å². The number of ether oxygens (including phenoxy) is 7. The van der Waals surface area contributed by atoms with Crippen LogP contribution >= 0.6 is 0 Å². The molecule has 0 aliphatic carbocycles. The van der Waals surface area contributed by atoms with Crippen LogP contribution < -0.4 is 5.32 Å². The number of aliphatic hydroxyl groups excluding tert-OH is 13. The second-order valence-corrected chi connectivity index (χ2v) is 11.9. The molecule has 0 spiro atoms. The Morgan fingerprint density at radius 2 is 0.917 bits per heavy atom. The highest BCUT2D eigenvalue weighted by Gasteiger charge is 2.55. The molecule has 22 heteroatoms. The zero-order chi connectivity index (χ0) is 35.6. The van der Waals surface area contributed by atoms with Gasteiger partial charge in [0.25, 0.3) is 0 Å². The number of rotatable bonds is 11. The Hall–Kier alpha value is -1.33. The van der Waals surface area contributed by atoms with Crippen LogP contribution in [0.1, 0.15) is 6.92 Å². The fourth-order valence-electron chi connectivity index (χ4n) is 5.94. The average molecular weight is 708 g/mol. The van der Waals surface area contributed by atoms with Crippen LogP contribution in [0.2, 0.25) is 0 Å². The highest BCUT2D eigenvalue weighted by Crippen LogP contribution is 2.34. The summed E-state index contributed by atoms with van der Waals surface area (Å²) >= 11 is 0. The van der Waals surface area contributed by atoms with Crippen molar-refractivity contribution in [2.45, 2.75) is 130 Å². The molecule has 280 valence electrons. The Kier molecular flexibility index (Phi) is 13.8. The van der Waals surface area contributed by atoms with Crippen molar-refractivity contribution in [3.8, 4) is 0 Å². The van der Waals surface area contributed by atoms with Crippen molar-refractivity contribution in [3.05, 3.63) is 0 Å². The summed E-state index contributed by atoms with van der Waals surface area (Å²) < 4.78 is 38.2. The molecule has 1 amide bonds. The van der Waals surface area contributed by atoms with Crippen LogP contribution in [0.25, 0.3) is 0 Å². The minimum atomic E-state index is -2.04. The molecule has 20 atom stereocenters. The van der Waals surface area contributed by atoms with E-state index >= 15 is 0 Å². The topological polar surface area (TPSA) is 357 Å². The van der Waals surface area contributed by atoms with Crippen LogP contribution in [0.5, 0.6) is 0 Å². The van der Waals surface area contributed by atoms with Crippen molar-refractivity contribution in [2.75, 3.05) is 26.4 Å². The minimum absolute atomic E-state index is 0.677. The molecule has 0 unspecified atom stereocenters. The fraction of sp³-hybridized carbons (Fsp3) is 0.962. The summed E-state index contributed by atoms with van der Waals surface area (Å²) in [6, 6.07) is -1.46. The van der Waals surface area contributed by atoms with E-state index in [0.29, 0.717) is 0 Å². The first-order valence-corrected chi connectivity index (χ1v) is 15.1. The molecule has 0 aromatic carbocycles. The van der Waals surface area contributed by atoms with Gasteiger partial charge in [0.05, 0.1) is 26.4 Å². The maximum atomic E-state index is 11.7. The van der Waals surface area contributed by atoms with Gasteiger partial charge in [-0.25, -0.2) is 0 Å². The standard InChI is InChI=1S/C26H45NO21/c1-6(32)27-11-21(13(34)8(3-29)42-23(11)41)47-25-18(39)16(37)20(10(5-31)45-25)46-26-19(40)22(14(35)9(4-30)44-26)48-24-17(38)15(36)12(33)7(2-28)43-24/h7-26,28-31,33-41H,2-5H2,1H3,(H,27,32)/t7-,8-,9-,10-,11-,12+,13+,14+,15+,16-,17-,18-,19-,20+,21-,22+,23-,24-,25+,26-/m1/s1. The normalized spacial score (nSPS) is 50.2. The predicted molar refractivity (Wildman–Crippen MR) is 145 cm³/mol. The van der Waals surface area contributed by atoms with Crippen LogP contribution in [0, 0.1) is 0 Å². The number of hydrogen-bond acceptors (Lipinski definition) is 21. The van der Waals surface area contributed by atoms with E-state index in [4.69, 9.17) is 33.2 Å². The second-order valence-electron chi connectivity index (χ2n) is 11.9. The van der Waals surface area contributed by atoms with E-state index in [1.54, 1.807) is 0 Å². The molecule has 4 heterocycles. The summed E-state index contributed by atoms with van der Waals surface area (Å²) in [5, 5.41) is 137. The van der Waals surface area contributed by atoms with E-state index in [1.165, 1.54) is 0 Å². The molecule has 0 saturated carbocycles. The van der Waals surface area contributed by atoms with E-state index in [0.717, 1.165) is 6.92 Å². The maximum absolute atomic E-state index is 11.7. The van der Waals surface area contributed by atoms with Gasteiger partial charge in [0.1, 0.15) is 97.6 Å². The van der Waals surface area contributed by atoms with Crippen molar-refractivity contribution in [1.82, 2.24) is 5.32 Å². The molecule has 0 radical (unpaired) electrons. The van der Waals surface area contributed by atoms with Crippen LogP contribution in [-0.4, -0.2) is 221 Å². The third-order valence-corrected chi connectivity index (χ3v) is 8.61. The van der Waals surface area contributed by atoms with Crippen LogP contribution in [0.3, 0.4) is 0 Å². The summed E-state index contributed by atoms with van der Waals surface area (Å²) in [5.74, 6) is -0.677. The number of nitrogens with one attached hydrogen (secondary N) is 1. The van der Waals surface area contributed by atoms with Gasteiger partial charge in [0, 0.05) is 6.92 Å². The van der Waals surface area contributed by atoms with Crippen molar-refractivity contribution in [2.24, 2.45) is 0 Å². The molecule has 4 fully saturated rings. The molecule has 14 N–H and O–H groups in total. The number of hydrogen-bond donors (Lipinski definition) is 14. The monoisotopic (exact) mass is 707 g/mol. The van der Waals surface area contributed by atoms with E-state index in [1.807, 2.05) is 0 Å². The highest BCUT2D eigenvalue weighted by atomic mass is 16.8. The summed E-state index contributed by atoms with van der Waals surface area (Å²) in [7, 11) is 0. The van der Waals surface area contributed by atoms with E-state index in [-0.39, 0.29) is 0 Å². The predicted octanol–water partition coefficient (Wildman–Crippen LogP) is -9.61. The summed E-state index contributed by atoms with van der Waals surface area (Å²) in [5.41, 5.74) is 0. The molecule has 4 rings (SSSR count). The number of aliphatic hydroxyl groups is 13. The van der Waals surface area contributed by atoms with Crippen LogP contribution in [-0.2, 0) is 38.0 Å². The van der Waals surface area contributed by atoms with Crippen molar-refractivity contribution < 1.29 is 104 Å². The molecule has 4 aliphatic heterocycles. The summed E-state index contributed by atoms with van der Waals surface area (Å²) in [6.45, 7) is -2.33. The smallest absolute Gasteiger partial charge is 0.217 e. The lowest BCUT2D eigenvalue weighted by Gasteiger charge is -2.49. The van der Waals surface area contributed by atoms with E-state index in [2.05, 4.69) is 5.32 Å². The second kappa shape index (κ2) is 16.8. The van der Waals surface area contributed by atoms with Gasteiger partial charge in [0.2, 0.25) is 5.91 Å². The third-order valence-electron chi connectivity index (χ3n) is 8.61. The van der Waals surface area contributed by atoms with Crippen molar-refractivity contribution in [1.29, 1.82) is 0 Å². The van der Waals surface area contributed by atoms with Gasteiger partial charge in [-0.15, -0.1) is 0 Å². The lowest BCUT2D eigenvalue weighted by atomic mass is 9.95. The summed E-state index contributed by atoms with van der Waals surface area (Å²) in [6.07, 6.45) is -33.7. The first kappa shape index (κ1) is 39.5. The zero-order valence-corrected chi connectivity index (χ0v) is 25.5. The number of carbonyl (C=O) groups excluding carboxylic acids is 1. The Labute approximate surface area is 272 Å². The zero-order valence-electron chi connectivity index (χ0n) is 25.5. The fourth-order valence-corrected chi connectivity index (χ4v) is 5.94. The van der Waals surface area contributed by atoms with Gasteiger partial charge in [-0.05, 0) is 0 Å². The number of carbonyl (C=O) groups is 1.